The molecule has 1 aliphatic rings. The average molecular weight is 299 g/mol. The Hall–Kier alpha value is -2.21. The van der Waals surface area contributed by atoms with Crippen LogP contribution in [0.4, 0.5) is 5.82 Å². The molecular weight excluding hydrogens is 278 g/mol. The molecule has 0 radical (unpaired) electrons. The van der Waals surface area contributed by atoms with Crippen molar-refractivity contribution in [2.45, 2.75) is 18.9 Å². The molecule has 0 spiro atoms. The summed E-state index contributed by atoms with van der Waals surface area (Å²) in [4.78, 5) is 15.1. The summed E-state index contributed by atoms with van der Waals surface area (Å²) in [6, 6.07) is 8.33. The van der Waals surface area contributed by atoms with Gasteiger partial charge in [-0.05, 0) is 18.6 Å². The van der Waals surface area contributed by atoms with Gasteiger partial charge in [-0.15, -0.1) is 0 Å². The normalized spacial score (nSPS) is 18.3. The van der Waals surface area contributed by atoms with Crippen LogP contribution in [0.5, 0.6) is 5.88 Å². The second kappa shape index (κ2) is 7.17. The number of nitrogens with one attached hydrogen (secondary N) is 1. The Morgan fingerprint density at radius 1 is 1.32 bits per heavy atom. The summed E-state index contributed by atoms with van der Waals surface area (Å²) < 4.78 is 5.12. The van der Waals surface area contributed by atoms with Crippen LogP contribution in [0.1, 0.15) is 12.1 Å². The van der Waals surface area contributed by atoms with Gasteiger partial charge < -0.3 is 15.0 Å². The number of methoxy groups -OCH3 is 1. The highest BCUT2D eigenvalue weighted by Gasteiger charge is 2.22. The van der Waals surface area contributed by atoms with E-state index in [0.29, 0.717) is 11.9 Å². The Bertz CT molecular complexity index is 592. The van der Waals surface area contributed by atoms with Gasteiger partial charge in [-0.2, -0.15) is 0 Å². The lowest BCUT2D eigenvalue weighted by Gasteiger charge is -2.16. The predicted molar refractivity (Wildman–Crippen MR) is 85.0 cm³/mol. The molecule has 6 nitrogen and oxygen atoms in total. The molecule has 3 heterocycles. The maximum absolute atomic E-state index is 5.12. The van der Waals surface area contributed by atoms with Gasteiger partial charge in [0.15, 0.2) is 0 Å². The van der Waals surface area contributed by atoms with Crippen molar-refractivity contribution in [3.8, 4) is 5.88 Å². The molecule has 1 fully saturated rings. The fourth-order valence-corrected chi connectivity index (χ4v) is 2.71. The number of anilines is 1. The van der Waals surface area contributed by atoms with E-state index >= 15 is 0 Å². The molecule has 3 rings (SSSR count). The van der Waals surface area contributed by atoms with Crippen LogP contribution in [-0.2, 0) is 6.42 Å². The lowest BCUT2D eigenvalue weighted by Crippen LogP contribution is -2.28. The monoisotopic (exact) mass is 299 g/mol. The van der Waals surface area contributed by atoms with Crippen LogP contribution in [0.15, 0.2) is 36.8 Å². The number of hydrogen-bond acceptors (Lipinski definition) is 6. The lowest BCUT2D eigenvalue weighted by atomic mass is 10.2. The number of nitrogens with zero attached hydrogens (tertiary/aromatic N) is 4. The summed E-state index contributed by atoms with van der Waals surface area (Å²) in [6.45, 7) is 3.17. The standard InChI is InChI=1S/C16H21N5O/c1-22-16-10-15(18-12-19-16)20-14-6-9-21(11-14)8-5-13-4-2-3-7-17-13/h2-4,7,10,12,14H,5-6,8-9,11H2,1H3,(H,18,19,20). The van der Waals surface area contributed by atoms with E-state index in [1.165, 1.54) is 6.33 Å². The zero-order valence-electron chi connectivity index (χ0n) is 12.8. The van der Waals surface area contributed by atoms with Gasteiger partial charge in [-0.3, -0.25) is 4.98 Å². The average Bonchev–Trinajstić information content (AvgIpc) is 3.01. The molecule has 0 aromatic carbocycles. The number of pyridine rings is 1. The number of rotatable bonds is 6. The van der Waals surface area contributed by atoms with Crippen LogP contribution >= 0.6 is 0 Å². The second-order valence-electron chi connectivity index (χ2n) is 5.45. The molecular formula is C16H21N5O. The Labute approximate surface area is 130 Å². The molecule has 2 aromatic rings. The third-order valence-corrected chi connectivity index (χ3v) is 3.89. The van der Waals surface area contributed by atoms with Gasteiger partial charge in [-0.1, -0.05) is 6.07 Å². The minimum Gasteiger partial charge on any atom is -0.481 e. The molecule has 1 N–H and O–H groups in total. The maximum atomic E-state index is 5.12. The molecule has 1 unspecified atom stereocenters. The van der Waals surface area contributed by atoms with E-state index in [9.17, 15) is 0 Å². The van der Waals surface area contributed by atoms with Crippen molar-refractivity contribution in [1.82, 2.24) is 19.9 Å². The third kappa shape index (κ3) is 3.92. The third-order valence-electron chi connectivity index (χ3n) is 3.89. The minimum atomic E-state index is 0.420. The van der Waals surface area contributed by atoms with Crippen LogP contribution in [-0.4, -0.2) is 52.6 Å². The SMILES string of the molecule is COc1cc(NC2CCN(CCc3ccccn3)C2)ncn1. The van der Waals surface area contributed by atoms with Crippen LogP contribution in [0, 0.1) is 0 Å². The minimum absolute atomic E-state index is 0.420. The highest BCUT2D eigenvalue weighted by atomic mass is 16.5. The summed E-state index contributed by atoms with van der Waals surface area (Å²) in [5.74, 6) is 1.41. The van der Waals surface area contributed by atoms with Crippen LogP contribution in [0.2, 0.25) is 0 Å². The highest BCUT2D eigenvalue weighted by Crippen LogP contribution is 2.16. The number of ether oxygens (including phenoxy) is 1. The number of aromatic nitrogens is 3. The van der Waals surface area contributed by atoms with Gasteiger partial charge >= 0.3 is 0 Å². The summed E-state index contributed by atoms with van der Waals surface area (Å²) in [6.07, 6.45) is 5.49. The van der Waals surface area contributed by atoms with Crippen molar-refractivity contribution in [1.29, 1.82) is 0 Å². The number of hydrogen-bond donors (Lipinski definition) is 1. The summed E-state index contributed by atoms with van der Waals surface area (Å²) in [5, 5.41) is 3.46. The van der Waals surface area contributed by atoms with Crippen molar-refractivity contribution >= 4 is 5.82 Å². The van der Waals surface area contributed by atoms with Crippen molar-refractivity contribution in [3.05, 3.63) is 42.5 Å². The van der Waals surface area contributed by atoms with Crippen molar-refractivity contribution in [2.75, 3.05) is 32.1 Å². The smallest absolute Gasteiger partial charge is 0.218 e. The van der Waals surface area contributed by atoms with Gasteiger partial charge in [-0.25, -0.2) is 9.97 Å². The molecule has 1 aliphatic heterocycles. The van der Waals surface area contributed by atoms with Gasteiger partial charge in [0.25, 0.3) is 0 Å². The quantitative estimate of drug-likeness (QED) is 0.874. The van der Waals surface area contributed by atoms with Gasteiger partial charge in [0.2, 0.25) is 5.88 Å². The first-order valence-electron chi connectivity index (χ1n) is 7.58. The van der Waals surface area contributed by atoms with Crippen LogP contribution in [0.25, 0.3) is 0 Å². The predicted octanol–water partition coefficient (Wildman–Crippen LogP) is 1.61. The summed E-state index contributed by atoms with van der Waals surface area (Å²) in [5.41, 5.74) is 1.15. The molecule has 116 valence electrons. The van der Waals surface area contributed by atoms with E-state index < -0.39 is 0 Å². The molecule has 1 atom stereocenters. The Balaban J connectivity index is 1.47. The van der Waals surface area contributed by atoms with Gasteiger partial charge in [0, 0.05) is 50.1 Å². The number of likely N-dealkylation sites (tertiary alicyclic amines) is 1. The molecule has 1 saturated heterocycles. The maximum Gasteiger partial charge on any atom is 0.218 e. The zero-order chi connectivity index (χ0) is 15.2. The first kappa shape index (κ1) is 14.7. The fourth-order valence-electron chi connectivity index (χ4n) is 2.71. The van der Waals surface area contributed by atoms with Crippen LogP contribution < -0.4 is 10.1 Å². The zero-order valence-corrected chi connectivity index (χ0v) is 12.8. The van der Waals surface area contributed by atoms with Crippen LogP contribution in [0.3, 0.4) is 0 Å². The lowest BCUT2D eigenvalue weighted by molar-refractivity contribution is 0.339. The van der Waals surface area contributed by atoms with Crippen molar-refractivity contribution < 1.29 is 4.74 Å². The van der Waals surface area contributed by atoms with Gasteiger partial charge in [0.1, 0.15) is 12.1 Å². The molecule has 6 heteroatoms. The molecule has 0 bridgehead atoms. The molecule has 0 amide bonds. The Morgan fingerprint density at radius 3 is 3.09 bits per heavy atom. The molecule has 0 aliphatic carbocycles. The fraction of sp³-hybridized carbons (Fsp3) is 0.438. The first-order chi connectivity index (χ1) is 10.8. The van der Waals surface area contributed by atoms with Crippen molar-refractivity contribution in [2.24, 2.45) is 0 Å². The van der Waals surface area contributed by atoms with E-state index in [4.69, 9.17) is 4.74 Å². The second-order valence-corrected chi connectivity index (χ2v) is 5.45. The van der Waals surface area contributed by atoms with E-state index in [1.54, 1.807) is 7.11 Å². The van der Waals surface area contributed by atoms with E-state index in [0.717, 1.165) is 44.0 Å². The molecule has 22 heavy (non-hydrogen) atoms. The Morgan fingerprint density at radius 2 is 2.27 bits per heavy atom. The van der Waals surface area contributed by atoms with E-state index in [1.807, 2.05) is 24.4 Å². The van der Waals surface area contributed by atoms with E-state index in [-0.39, 0.29) is 0 Å². The van der Waals surface area contributed by atoms with Crippen molar-refractivity contribution in [3.63, 3.8) is 0 Å². The topological polar surface area (TPSA) is 63.2 Å². The van der Waals surface area contributed by atoms with E-state index in [2.05, 4.69) is 31.2 Å². The molecule has 0 saturated carbocycles. The largest absolute Gasteiger partial charge is 0.481 e. The summed E-state index contributed by atoms with van der Waals surface area (Å²) in [7, 11) is 1.61. The summed E-state index contributed by atoms with van der Waals surface area (Å²) >= 11 is 0. The molecule has 2 aromatic heterocycles. The highest BCUT2D eigenvalue weighted by molar-refractivity contribution is 5.38. The first-order valence-corrected chi connectivity index (χ1v) is 7.58. The Kier molecular flexibility index (Phi) is 4.80. The van der Waals surface area contributed by atoms with Gasteiger partial charge in [0.05, 0.1) is 7.11 Å².